The number of amides is 3. The van der Waals surface area contributed by atoms with E-state index in [1.54, 1.807) is 30.3 Å². The van der Waals surface area contributed by atoms with E-state index in [4.69, 9.17) is 0 Å². The molecule has 3 rings (SSSR count). The highest BCUT2D eigenvalue weighted by Crippen LogP contribution is 2.28. The van der Waals surface area contributed by atoms with Gasteiger partial charge in [-0.1, -0.05) is 12.1 Å². The minimum absolute atomic E-state index is 0.0749. The molecule has 0 aliphatic carbocycles. The van der Waals surface area contributed by atoms with Gasteiger partial charge in [-0.25, -0.2) is 4.39 Å². The number of nitrogens with zero attached hydrogens (tertiary/aromatic N) is 1. The van der Waals surface area contributed by atoms with Gasteiger partial charge in [-0.05, 0) is 36.4 Å². The number of carbonyl (C=O) groups is 3. The largest absolute Gasteiger partial charge is 0.326 e. The SMILES string of the molecule is CC(=O)Nc1cccc(N2CC(C(=O)Nc3cccc(F)c3)CC2=O)c1. The van der Waals surface area contributed by atoms with Crippen LogP contribution in [0.15, 0.2) is 48.5 Å². The molecule has 134 valence electrons. The Morgan fingerprint density at radius 1 is 1.08 bits per heavy atom. The first kappa shape index (κ1) is 17.6. The number of hydrogen-bond donors (Lipinski definition) is 2. The quantitative estimate of drug-likeness (QED) is 0.885. The van der Waals surface area contributed by atoms with E-state index in [0.717, 1.165) is 0 Å². The summed E-state index contributed by atoms with van der Waals surface area (Å²) in [6, 6.07) is 12.5. The van der Waals surface area contributed by atoms with Gasteiger partial charge in [-0.2, -0.15) is 0 Å². The molecule has 2 aromatic carbocycles. The van der Waals surface area contributed by atoms with Crippen LogP contribution >= 0.6 is 0 Å². The van der Waals surface area contributed by atoms with E-state index >= 15 is 0 Å². The Kier molecular flexibility index (Phi) is 4.97. The summed E-state index contributed by atoms with van der Waals surface area (Å²) in [5.41, 5.74) is 1.55. The molecule has 1 fully saturated rings. The van der Waals surface area contributed by atoms with Crippen molar-refractivity contribution in [2.75, 3.05) is 22.1 Å². The Labute approximate surface area is 150 Å². The molecule has 6 nitrogen and oxygen atoms in total. The number of benzene rings is 2. The summed E-state index contributed by atoms with van der Waals surface area (Å²) in [5, 5.41) is 5.30. The molecule has 1 aliphatic rings. The normalized spacial score (nSPS) is 16.5. The lowest BCUT2D eigenvalue weighted by atomic mass is 10.1. The number of hydrogen-bond acceptors (Lipinski definition) is 3. The molecule has 0 saturated carbocycles. The van der Waals surface area contributed by atoms with Crippen molar-refractivity contribution >= 4 is 34.8 Å². The maximum absolute atomic E-state index is 13.2. The fourth-order valence-corrected chi connectivity index (χ4v) is 2.90. The molecular weight excluding hydrogens is 337 g/mol. The average Bonchev–Trinajstić information content (AvgIpc) is 2.96. The second-order valence-corrected chi connectivity index (χ2v) is 6.14. The minimum Gasteiger partial charge on any atom is -0.326 e. The topological polar surface area (TPSA) is 78.5 Å². The number of rotatable bonds is 4. The van der Waals surface area contributed by atoms with Crippen LogP contribution in [0.4, 0.5) is 21.5 Å². The molecule has 1 aliphatic heterocycles. The van der Waals surface area contributed by atoms with Crippen LogP contribution < -0.4 is 15.5 Å². The van der Waals surface area contributed by atoms with Crippen LogP contribution in [-0.2, 0) is 14.4 Å². The molecule has 2 aromatic rings. The molecular formula is C19H18FN3O3. The standard InChI is InChI=1S/C19H18FN3O3/c1-12(24)21-16-6-3-7-17(10-16)23-11-13(8-18(23)25)19(26)22-15-5-2-4-14(20)9-15/h2-7,9-10,13H,8,11H2,1H3,(H,21,24)(H,22,26). The van der Waals surface area contributed by atoms with Crippen molar-refractivity contribution in [1.29, 1.82) is 0 Å². The lowest BCUT2D eigenvalue weighted by Crippen LogP contribution is -2.28. The molecule has 7 heteroatoms. The van der Waals surface area contributed by atoms with Gasteiger partial charge in [0, 0.05) is 37.0 Å². The van der Waals surface area contributed by atoms with Crippen LogP contribution in [0.1, 0.15) is 13.3 Å². The van der Waals surface area contributed by atoms with E-state index in [0.29, 0.717) is 17.1 Å². The number of nitrogens with one attached hydrogen (secondary N) is 2. The summed E-state index contributed by atoms with van der Waals surface area (Å²) in [7, 11) is 0. The first-order valence-corrected chi connectivity index (χ1v) is 8.17. The van der Waals surface area contributed by atoms with Gasteiger partial charge in [-0.3, -0.25) is 14.4 Å². The highest BCUT2D eigenvalue weighted by atomic mass is 19.1. The van der Waals surface area contributed by atoms with E-state index in [1.807, 2.05) is 0 Å². The number of anilines is 3. The van der Waals surface area contributed by atoms with Gasteiger partial charge >= 0.3 is 0 Å². The van der Waals surface area contributed by atoms with Gasteiger partial charge in [0.1, 0.15) is 5.82 Å². The van der Waals surface area contributed by atoms with Crippen LogP contribution in [0.25, 0.3) is 0 Å². The third-order valence-corrected chi connectivity index (χ3v) is 4.07. The van der Waals surface area contributed by atoms with Crippen molar-refractivity contribution < 1.29 is 18.8 Å². The highest BCUT2D eigenvalue weighted by molar-refractivity contribution is 6.04. The zero-order chi connectivity index (χ0) is 18.7. The maximum Gasteiger partial charge on any atom is 0.229 e. The van der Waals surface area contributed by atoms with E-state index in [2.05, 4.69) is 10.6 Å². The van der Waals surface area contributed by atoms with Gasteiger partial charge in [0.2, 0.25) is 17.7 Å². The fourth-order valence-electron chi connectivity index (χ4n) is 2.90. The van der Waals surface area contributed by atoms with Crippen LogP contribution in [0.2, 0.25) is 0 Å². The molecule has 0 bridgehead atoms. The van der Waals surface area contributed by atoms with Gasteiger partial charge < -0.3 is 15.5 Å². The predicted molar refractivity (Wildman–Crippen MR) is 96.2 cm³/mol. The maximum atomic E-state index is 13.2. The van der Waals surface area contributed by atoms with Crippen molar-refractivity contribution in [3.63, 3.8) is 0 Å². The lowest BCUT2D eigenvalue weighted by Gasteiger charge is -2.18. The van der Waals surface area contributed by atoms with Gasteiger partial charge in [0.25, 0.3) is 0 Å². The van der Waals surface area contributed by atoms with E-state index in [1.165, 1.54) is 30.0 Å². The highest BCUT2D eigenvalue weighted by Gasteiger charge is 2.35. The predicted octanol–water partition coefficient (Wildman–Crippen LogP) is 2.78. The van der Waals surface area contributed by atoms with E-state index in [9.17, 15) is 18.8 Å². The molecule has 1 heterocycles. The Morgan fingerprint density at radius 3 is 2.46 bits per heavy atom. The van der Waals surface area contributed by atoms with Crippen molar-refractivity contribution in [2.45, 2.75) is 13.3 Å². The van der Waals surface area contributed by atoms with Gasteiger partial charge in [0.05, 0.1) is 5.92 Å². The van der Waals surface area contributed by atoms with Gasteiger partial charge in [0.15, 0.2) is 0 Å². The molecule has 1 atom stereocenters. The summed E-state index contributed by atoms with van der Waals surface area (Å²) in [5.74, 6) is -1.69. The minimum atomic E-state index is -0.532. The van der Waals surface area contributed by atoms with E-state index in [-0.39, 0.29) is 30.7 Å². The second-order valence-electron chi connectivity index (χ2n) is 6.14. The number of carbonyl (C=O) groups excluding carboxylic acids is 3. The van der Waals surface area contributed by atoms with Crippen LogP contribution in [0.3, 0.4) is 0 Å². The zero-order valence-electron chi connectivity index (χ0n) is 14.2. The van der Waals surface area contributed by atoms with Crippen molar-refractivity contribution in [3.8, 4) is 0 Å². The Morgan fingerprint density at radius 2 is 1.77 bits per heavy atom. The van der Waals surface area contributed by atoms with E-state index < -0.39 is 11.7 Å². The smallest absolute Gasteiger partial charge is 0.229 e. The third kappa shape index (κ3) is 4.05. The first-order valence-electron chi connectivity index (χ1n) is 8.17. The Bertz CT molecular complexity index is 869. The van der Waals surface area contributed by atoms with Crippen LogP contribution in [0.5, 0.6) is 0 Å². The van der Waals surface area contributed by atoms with Crippen LogP contribution in [-0.4, -0.2) is 24.3 Å². The van der Waals surface area contributed by atoms with Gasteiger partial charge in [-0.15, -0.1) is 0 Å². The molecule has 1 unspecified atom stereocenters. The van der Waals surface area contributed by atoms with Crippen molar-refractivity contribution in [2.24, 2.45) is 5.92 Å². The summed E-state index contributed by atoms with van der Waals surface area (Å²) in [6.07, 6.45) is 0.0749. The number of halogens is 1. The molecule has 0 radical (unpaired) electrons. The average molecular weight is 355 g/mol. The van der Waals surface area contributed by atoms with Crippen LogP contribution in [0, 0.1) is 11.7 Å². The first-order chi connectivity index (χ1) is 12.4. The molecule has 2 N–H and O–H groups in total. The molecule has 1 saturated heterocycles. The summed E-state index contributed by atoms with van der Waals surface area (Å²) >= 11 is 0. The summed E-state index contributed by atoms with van der Waals surface area (Å²) in [6.45, 7) is 1.63. The molecule has 0 aromatic heterocycles. The fraction of sp³-hybridized carbons (Fsp3) is 0.211. The second kappa shape index (κ2) is 7.35. The molecule has 0 spiro atoms. The monoisotopic (exact) mass is 355 g/mol. The summed E-state index contributed by atoms with van der Waals surface area (Å²) < 4.78 is 13.2. The zero-order valence-corrected chi connectivity index (χ0v) is 14.2. The van der Waals surface area contributed by atoms with Crippen molar-refractivity contribution in [3.05, 3.63) is 54.3 Å². The van der Waals surface area contributed by atoms with Crippen molar-refractivity contribution in [1.82, 2.24) is 0 Å². The Balaban J connectivity index is 1.70. The third-order valence-electron chi connectivity index (χ3n) is 4.07. The lowest BCUT2D eigenvalue weighted by molar-refractivity contribution is -0.122. The molecule has 26 heavy (non-hydrogen) atoms. The summed E-state index contributed by atoms with van der Waals surface area (Å²) in [4.78, 5) is 37.4. The Hall–Kier alpha value is -3.22. The molecule has 3 amide bonds.